The van der Waals surface area contributed by atoms with Crippen LogP contribution < -0.4 is 0 Å². The topological polar surface area (TPSA) is 52.6 Å². The monoisotopic (exact) mass is 268 g/mol. The molecule has 0 unspecified atom stereocenters. The van der Waals surface area contributed by atoms with Gasteiger partial charge in [0.15, 0.2) is 0 Å². The Balaban J connectivity index is 1.33. The van der Waals surface area contributed by atoms with E-state index in [1.54, 1.807) is 0 Å². The van der Waals surface area contributed by atoms with Crippen LogP contribution in [0.15, 0.2) is 0 Å². The third kappa shape index (κ3) is 7.19. The number of unbranched alkanes of at least 4 members (excludes halogenated alkanes) is 4. The molecular formula is C15H24O4. The molecule has 0 spiro atoms. The number of hydrogen-bond acceptors (Lipinski definition) is 4. The molecule has 2 aliphatic rings. The van der Waals surface area contributed by atoms with E-state index in [9.17, 15) is 9.59 Å². The number of hydrogen-bond donors (Lipinski definition) is 0. The summed E-state index contributed by atoms with van der Waals surface area (Å²) in [5, 5.41) is 0. The molecule has 108 valence electrons. The molecule has 0 heterocycles. The summed E-state index contributed by atoms with van der Waals surface area (Å²) < 4.78 is 10.3. The second-order valence-corrected chi connectivity index (χ2v) is 5.65. The van der Waals surface area contributed by atoms with E-state index in [0.29, 0.717) is 12.8 Å². The van der Waals surface area contributed by atoms with Crippen molar-refractivity contribution in [1.82, 2.24) is 0 Å². The summed E-state index contributed by atoms with van der Waals surface area (Å²) >= 11 is 0. The fourth-order valence-electron chi connectivity index (χ4n) is 1.93. The minimum Gasteiger partial charge on any atom is -0.462 e. The van der Waals surface area contributed by atoms with Crippen molar-refractivity contribution in [2.24, 2.45) is 0 Å². The second kappa shape index (κ2) is 7.51. The van der Waals surface area contributed by atoms with Gasteiger partial charge in [0.25, 0.3) is 0 Å². The molecular weight excluding hydrogens is 244 g/mol. The summed E-state index contributed by atoms with van der Waals surface area (Å²) in [4.78, 5) is 22.6. The Bertz CT molecular complexity index is 275. The van der Waals surface area contributed by atoms with Crippen molar-refractivity contribution in [3.05, 3.63) is 0 Å². The Hall–Kier alpha value is -1.06. The number of carbonyl (C=O) groups is 2. The number of ether oxygens (including phenoxy) is 2. The quantitative estimate of drug-likeness (QED) is 0.451. The molecule has 0 aromatic carbocycles. The Morgan fingerprint density at radius 2 is 1.05 bits per heavy atom. The van der Waals surface area contributed by atoms with Gasteiger partial charge in [-0.25, -0.2) is 0 Å². The Morgan fingerprint density at radius 1 is 0.684 bits per heavy atom. The van der Waals surface area contributed by atoms with Crippen LogP contribution in [0.5, 0.6) is 0 Å². The molecule has 0 bridgehead atoms. The molecule has 2 saturated carbocycles. The lowest BCUT2D eigenvalue weighted by Gasteiger charge is -2.04. The lowest BCUT2D eigenvalue weighted by molar-refractivity contribution is -0.145. The predicted octanol–water partition coefficient (Wildman–Crippen LogP) is 3.13. The van der Waals surface area contributed by atoms with E-state index in [4.69, 9.17) is 9.47 Å². The smallest absolute Gasteiger partial charge is 0.306 e. The van der Waals surface area contributed by atoms with Crippen LogP contribution in [-0.2, 0) is 19.1 Å². The van der Waals surface area contributed by atoms with Crippen LogP contribution in [0.4, 0.5) is 0 Å². The van der Waals surface area contributed by atoms with E-state index in [0.717, 1.165) is 57.8 Å². The molecule has 0 aliphatic heterocycles. The van der Waals surface area contributed by atoms with Gasteiger partial charge >= 0.3 is 11.9 Å². The summed E-state index contributed by atoms with van der Waals surface area (Å²) in [6, 6.07) is 0. The molecule has 4 heteroatoms. The van der Waals surface area contributed by atoms with E-state index in [2.05, 4.69) is 0 Å². The van der Waals surface area contributed by atoms with Gasteiger partial charge in [0.2, 0.25) is 0 Å². The van der Waals surface area contributed by atoms with Crippen molar-refractivity contribution in [2.45, 2.75) is 82.8 Å². The molecule has 0 radical (unpaired) electrons. The van der Waals surface area contributed by atoms with Crippen LogP contribution in [0.3, 0.4) is 0 Å². The summed E-state index contributed by atoms with van der Waals surface area (Å²) in [5.74, 6) is -0.0916. The maximum atomic E-state index is 11.3. The number of carbonyl (C=O) groups excluding carboxylic acids is 2. The van der Waals surface area contributed by atoms with E-state index >= 15 is 0 Å². The molecule has 0 aromatic heterocycles. The first-order chi connectivity index (χ1) is 9.24. The molecule has 0 N–H and O–H groups in total. The average Bonchev–Trinajstić information content (AvgIpc) is 3.24. The first-order valence-electron chi connectivity index (χ1n) is 7.63. The second-order valence-electron chi connectivity index (χ2n) is 5.65. The molecule has 4 nitrogen and oxygen atoms in total. The van der Waals surface area contributed by atoms with Crippen molar-refractivity contribution < 1.29 is 19.1 Å². The van der Waals surface area contributed by atoms with Gasteiger partial charge in [-0.15, -0.1) is 0 Å². The molecule has 2 rings (SSSR count). The van der Waals surface area contributed by atoms with Gasteiger partial charge in [-0.2, -0.15) is 0 Å². The van der Waals surface area contributed by atoms with Crippen molar-refractivity contribution in [3.8, 4) is 0 Å². The lowest BCUT2D eigenvalue weighted by atomic mass is 10.1. The number of esters is 2. The van der Waals surface area contributed by atoms with Crippen molar-refractivity contribution in [1.29, 1.82) is 0 Å². The van der Waals surface area contributed by atoms with Gasteiger partial charge in [-0.05, 0) is 38.5 Å². The van der Waals surface area contributed by atoms with Crippen LogP contribution in [0.2, 0.25) is 0 Å². The van der Waals surface area contributed by atoms with Crippen LogP contribution in [-0.4, -0.2) is 24.1 Å². The zero-order chi connectivity index (χ0) is 13.5. The SMILES string of the molecule is O=C(CCCCCCCC(=O)OC1CC1)OC1CC1. The van der Waals surface area contributed by atoms with Crippen molar-refractivity contribution in [3.63, 3.8) is 0 Å². The highest BCUT2D eigenvalue weighted by Crippen LogP contribution is 2.25. The normalized spacial score (nSPS) is 18.1. The summed E-state index contributed by atoms with van der Waals surface area (Å²) in [6.45, 7) is 0. The average molecular weight is 268 g/mol. The maximum absolute atomic E-state index is 11.3. The van der Waals surface area contributed by atoms with E-state index < -0.39 is 0 Å². The molecule has 2 fully saturated rings. The zero-order valence-corrected chi connectivity index (χ0v) is 11.6. The largest absolute Gasteiger partial charge is 0.462 e. The van der Waals surface area contributed by atoms with Gasteiger partial charge < -0.3 is 9.47 Å². The first-order valence-corrected chi connectivity index (χ1v) is 7.63. The standard InChI is InChI=1S/C15H24O4/c16-14(18-12-8-9-12)6-4-2-1-3-5-7-15(17)19-13-10-11-13/h12-13H,1-11H2. The van der Waals surface area contributed by atoms with Crippen molar-refractivity contribution in [2.75, 3.05) is 0 Å². The van der Waals surface area contributed by atoms with E-state index in [1.807, 2.05) is 0 Å². The van der Waals surface area contributed by atoms with Gasteiger partial charge in [-0.1, -0.05) is 19.3 Å². The zero-order valence-electron chi connectivity index (χ0n) is 11.6. The predicted molar refractivity (Wildman–Crippen MR) is 70.5 cm³/mol. The third-order valence-corrected chi connectivity index (χ3v) is 3.41. The number of rotatable bonds is 10. The molecule has 0 saturated heterocycles. The molecule has 0 amide bonds. The van der Waals surface area contributed by atoms with Gasteiger partial charge in [-0.3, -0.25) is 9.59 Å². The first kappa shape index (κ1) is 14.4. The Labute approximate surface area is 114 Å². The molecule has 19 heavy (non-hydrogen) atoms. The van der Waals surface area contributed by atoms with Crippen LogP contribution in [0, 0.1) is 0 Å². The highest BCUT2D eigenvalue weighted by atomic mass is 16.6. The third-order valence-electron chi connectivity index (χ3n) is 3.41. The Morgan fingerprint density at radius 3 is 1.42 bits per heavy atom. The summed E-state index contributed by atoms with van der Waals surface area (Å²) in [6.07, 6.45) is 10.7. The summed E-state index contributed by atoms with van der Waals surface area (Å²) in [7, 11) is 0. The highest BCUT2D eigenvalue weighted by molar-refractivity contribution is 5.70. The maximum Gasteiger partial charge on any atom is 0.306 e. The van der Waals surface area contributed by atoms with Crippen LogP contribution in [0.1, 0.15) is 70.6 Å². The van der Waals surface area contributed by atoms with Crippen LogP contribution >= 0.6 is 0 Å². The van der Waals surface area contributed by atoms with E-state index in [1.165, 1.54) is 0 Å². The van der Waals surface area contributed by atoms with Crippen molar-refractivity contribution >= 4 is 11.9 Å². The van der Waals surface area contributed by atoms with Gasteiger partial charge in [0.05, 0.1) is 0 Å². The fraction of sp³-hybridized carbons (Fsp3) is 0.867. The van der Waals surface area contributed by atoms with Gasteiger partial charge in [0, 0.05) is 12.8 Å². The van der Waals surface area contributed by atoms with E-state index in [-0.39, 0.29) is 24.1 Å². The minimum absolute atomic E-state index is 0.0458. The Kier molecular flexibility index (Phi) is 5.67. The van der Waals surface area contributed by atoms with Gasteiger partial charge in [0.1, 0.15) is 12.2 Å². The molecule has 2 aliphatic carbocycles. The summed E-state index contributed by atoms with van der Waals surface area (Å²) in [5.41, 5.74) is 0. The van der Waals surface area contributed by atoms with Crippen LogP contribution in [0.25, 0.3) is 0 Å². The molecule has 0 atom stereocenters. The highest BCUT2D eigenvalue weighted by Gasteiger charge is 2.26. The lowest BCUT2D eigenvalue weighted by Crippen LogP contribution is -2.06. The molecule has 0 aromatic rings. The minimum atomic E-state index is -0.0458. The fourth-order valence-corrected chi connectivity index (χ4v) is 1.93.